The maximum absolute atomic E-state index is 5.73. The third-order valence-corrected chi connectivity index (χ3v) is 1.91. The van der Waals surface area contributed by atoms with Crippen molar-refractivity contribution in [3.05, 3.63) is 5.28 Å². The predicted molar refractivity (Wildman–Crippen MR) is 68.3 cm³/mol. The van der Waals surface area contributed by atoms with Crippen molar-refractivity contribution in [3.8, 4) is 12.0 Å². The Labute approximate surface area is 117 Å². The molecule has 0 aliphatic rings. The molecule has 0 aliphatic carbocycles. The van der Waals surface area contributed by atoms with E-state index in [1.807, 2.05) is 27.7 Å². The molecule has 0 fully saturated rings. The van der Waals surface area contributed by atoms with Crippen molar-refractivity contribution in [2.45, 2.75) is 39.9 Å². The van der Waals surface area contributed by atoms with Gasteiger partial charge in [-0.25, -0.2) is 0 Å². The van der Waals surface area contributed by atoms with Crippen LogP contribution in [0.5, 0.6) is 12.0 Å². The summed E-state index contributed by atoms with van der Waals surface area (Å²) in [6.45, 7) is 7.62. The minimum absolute atomic E-state index is 0.0194. The first-order valence-electron chi connectivity index (χ1n) is 5.87. The summed E-state index contributed by atoms with van der Waals surface area (Å²) in [5.41, 5.74) is 0. The SMILES string of the molecule is CC(C)OCOc1nc(Cl)nc(OCOC(C)C)n1. The summed E-state index contributed by atoms with van der Waals surface area (Å²) >= 11 is 5.73. The smallest absolute Gasteiger partial charge is 0.326 e. The fraction of sp³-hybridized carbons (Fsp3) is 0.727. The van der Waals surface area contributed by atoms with Crippen LogP contribution in [0.15, 0.2) is 0 Å². The second-order valence-corrected chi connectivity index (χ2v) is 4.46. The zero-order valence-electron chi connectivity index (χ0n) is 11.4. The molecule has 0 atom stereocenters. The molecule has 0 amide bonds. The molecule has 0 aromatic carbocycles. The quantitative estimate of drug-likeness (QED) is 0.678. The van der Waals surface area contributed by atoms with Crippen LogP contribution in [0, 0.1) is 0 Å². The average Bonchev–Trinajstić information content (AvgIpc) is 2.27. The van der Waals surface area contributed by atoms with Crippen LogP contribution in [0.3, 0.4) is 0 Å². The fourth-order valence-electron chi connectivity index (χ4n) is 0.889. The van der Waals surface area contributed by atoms with Crippen molar-refractivity contribution in [2.24, 2.45) is 0 Å². The number of aromatic nitrogens is 3. The van der Waals surface area contributed by atoms with E-state index in [2.05, 4.69) is 15.0 Å². The van der Waals surface area contributed by atoms with E-state index >= 15 is 0 Å². The van der Waals surface area contributed by atoms with Crippen LogP contribution in [-0.4, -0.2) is 40.7 Å². The lowest BCUT2D eigenvalue weighted by atomic mass is 10.5. The first-order valence-corrected chi connectivity index (χ1v) is 6.25. The number of rotatable bonds is 8. The van der Waals surface area contributed by atoms with Crippen molar-refractivity contribution >= 4 is 11.6 Å². The summed E-state index contributed by atoms with van der Waals surface area (Å²) in [6, 6.07) is 0.0837. The first kappa shape index (κ1) is 15.9. The Bertz CT molecular complexity index is 358. The average molecular weight is 292 g/mol. The predicted octanol–water partition coefficient (Wildman–Crippen LogP) is 2.05. The van der Waals surface area contributed by atoms with Gasteiger partial charge in [-0.15, -0.1) is 4.98 Å². The molecule has 1 rings (SSSR count). The summed E-state index contributed by atoms with van der Waals surface area (Å²) in [4.78, 5) is 11.5. The van der Waals surface area contributed by atoms with Gasteiger partial charge in [0, 0.05) is 0 Å². The summed E-state index contributed by atoms with van der Waals surface area (Å²) in [7, 11) is 0. The Kier molecular flexibility index (Phi) is 6.75. The van der Waals surface area contributed by atoms with E-state index in [1.54, 1.807) is 0 Å². The maximum Gasteiger partial charge on any atom is 0.326 e. The highest BCUT2D eigenvalue weighted by atomic mass is 35.5. The Hall–Kier alpha value is -1.18. The Morgan fingerprint density at radius 1 is 0.842 bits per heavy atom. The lowest BCUT2D eigenvalue weighted by Crippen LogP contribution is -2.13. The number of hydrogen-bond donors (Lipinski definition) is 0. The van der Waals surface area contributed by atoms with E-state index in [0.717, 1.165) is 0 Å². The summed E-state index contributed by atoms with van der Waals surface area (Å²) < 4.78 is 20.8. The molecule has 0 spiro atoms. The van der Waals surface area contributed by atoms with Gasteiger partial charge < -0.3 is 18.9 Å². The fourth-order valence-corrected chi connectivity index (χ4v) is 1.03. The first-order chi connectivity index (χ1) is 8.97. The van der Waals surface area contributed by atoms with Crippen LogP contribution in [-0.2, 0) is 9.47 Å². The van der Waals surface area contributed by atoms with Gasteiger partial charge in [0.15, 0.2) is 13.6 Å². The van der Waals surface area contributed by atoms with Gasteiger partial charge >= 0.3 is 12.0 Å². The number of hydrogen-bond acceptors (Lipinski definition) is 7. The Morgan fingerprint density at radius 3 is 1.63 bits per heavy atom. The minimum atomic E-state index is -0.0194. The minimum Gasteiger partial charge on any atom is -0.436 e. The van der Waals surface area contributed by atoms with Crippen LogP contribution >= 0.6 is 11.6 Å². The highest BCUT2D eigenvalue weighted by Crippen LogP contribution is 2.13. The highest BCUT2D eigenvalue weighted by Gasteiger charge is 2.08. The Balaban J connectivity index is 2.51. The molecule has 1 aromatic rings. The molecule has 0 N–H and O–H groups in total. The third-order valence-electron chi connectivity index (χ3n) is 1.75. The molecule has 0 unspecified atom stereocenters. The molecule has 7 nitrogen and oxygen atoms in total. The molecule has 19 heavy (non-hydrogen) atoms. The third kappa shape index (κ3) is 7.09. The zero-order valence-corrected chi connectivity index (χ0v) is 12.2. The molecular weight excluding hydrogens is 274 g/mol. The number of halogens is 1. The molecule has 0 radical (unpaired) electrons. The maximum atomic E-state index is 5.73. The standard InChI is InChI=1S/C11H18ClN3O4/c1-7(2)16-5-18-10-13-9(12)14-11(15-10)19-6-17-8(3)4/h7-8H,5-6H2,1-4H3. The summed E-state index contributed by atoms with van der Waals surface area (Å²) in [6.07, 6.45) is 0.0972. The van der Waals surface area contributed by atoms with E-state index in [1.165, 1.54) is 0 Å². The lowest BCUT2D eigenvalue weighted by Gasteiger charge is -2.10. The van der Waals surface area contributed by atoms with Gasteiger partial charge in [-0.1, -0.05) is 0 Å². The topological polar surface area (TPSA) is 75.6 Å². The molecule has 1 heterocycles. The second kappa shape index (κ2) is 8.08. The molecular formula is C11H18ClN3O4. The molecule has 0 bridgehead atoms. The van der Waals surface area contributed by atoms with E-state index in [4.69, 9.17) is 30.5 Å². The molecule has 8 heteroatoms. The molecule has 1 aromatic heterocycles. The van der Waals surface area contributed by atoms with Crippen molar-refractivity contribution in [3.63, 3.8) is 0 Å². The van der Waals surface area contributed by atoms with Gasteiger partial charge in [0.25, 0.3) is 0 Å². The van der Waals surface area contributed by atoms with Crippen LogP contribution in [0.4, 0.5) is 0 Å². The van der Waals surface area contributed by atoms with Crippen molar-refractivity contribution < 1.29 is 18.9 Å². The number of nitrogens with zero attached hydrogens (tertiary/aromatic N) is 3. The van der Waals surface area contributed by atoms with Crippen molar-refractivity contribution in [2.75, 3.05) is 13.6 Å². The lowest BCUT2D eigenvalue weighted by molar-refractivity contribution is -0.0305. The van der Waals surface area contributed by atoms with Crippen LogP contribution in [0.2, 0.25) is 5.28 Å². The van der Waals surface area contributed by atoms with Gasteiger partial charge in [-0.3, -0.25) is 0 Å². The van der Waals surface area contributed by atoms with Crippen LogP contribution < -0.4 is 9.47 Å². The summed E-state index contributed by atoms with van der Waals surface area (Å²) in [5, 5.41) is -0.0194. The van der Waals surface area contributed by atoms with E-state index < -0.39 is 0 Å². The van der Waals surface area contributed by atoms with E-state index in [9.17, 15) is 0 Å². The molecule has 0 saturated heterocycles. The van der Waals surface area contributed by atoms with Gasteiger partial charge in [0.2, 0.25) is 5.28 Å². The van der Waals surface area contributed by atoms with Gasteiger partial charge in [0.1, 0.15) is 0 Å². The second-order valence-electron chi connectivity index (χ2n) is 4.12. The zero-order chi connectivity index (χ0) is 14.3. The monoisotopic (exact) mass is 291 g/mol. The largest absolute Gasteiger partial charge is 0.436 e. The van der Waals surface area contributed by atoms with E-state index in [0.29, 0.717) is 0 Å². The highest BCUT2D eigenvalue weighted by molar-refractivity contribution is 6.28. The molecule has 0 saturated carbocycles. The van der Waals surface area contributed by atoms with E-state index in [-0.39, 0.29) is 43.1 Å². The van der Waals surface area contributed by atoms with Crippen molar-refractivity contribution in [1.82, 2.24) is 15.0 Å². The number of ether oxygens (including phenoxy) is 4. The normalized spacial score (nSPS) is 11.1. The van der Waals surface area contributed by atoms with Crippen LogP contribution in [0.25, 0.3) is 0 Å². The molecule has 0 aliphatic heterocycles. The van der Waals surface area contributed by atoms with Gasteiger partial charge in [0.05, 0.1) is 12.2 Å². The van der Waals surface area contributed by atoms with Gasteiger partial charge in [-0.05, 0) is 39.3 Å². The van der Waals surface area contributed by atoms with Crippen molar-refractivity contribution in [1.29, 1.82) is 0 Å². The Morgan fingerprint density at radius 2 is 1.26 bits per heavy atom. The molecule has 108 valence electrons. The summed E-state index contributed by atoms with van der Waals surface area (Å²) in [5.74, 6) is 0. The van der Waals surface area contributed by atoms with Gasteiger partial charge in [-0.2, -0.15) is 9.97 Å². The van der Waals surface area contributed by atoms with Crippen LogP contribution in [0.1, 0.15) is 27.7 Å².